The zero-order valence-corrected chi connectivity index (χ0v) is 12.2. The topological polar surface area (TPSA) is 92.9 Å². The Morgan fingerprint density at radius 3 is 2.62 bits per heavy atom. The molecular weight excluding hydrogens is 300 g/mol. The molecule has 0 saturated carbocycles. The van der Waals surface area contributed by atoms with Gasteiger partial charge in [0.25, 0.3) is 0 Å². The van der Waals surface area contributed by atoms with E-state index in [9.17, 15) is 14.9 Å². The highest BCUT2D eigenvalue weighted by Gasteiger charge is 2.19. The van der Waals surface area contributed by atoms with Crippen LogP contribution < -0.4 is 4.74 Å². The van der Waals surface area contributed by atoms with Crippen molar-refractivity contribution in [1.82, 2.24) is 4.90 Å². The van der Waals surface area contributed by atoms with Crippen LogP contribution in [0.1, 0.15) is 23.2 Å². The van der Waals surface area contributed by atoms with Gasteiger partial charge in [-0.05, 0) is 38.1 Å². The summed E-state index contributed by atoms with van der Waals surface area (Å²) >= 11 is 0. The van der Waals surface area contributed by atoms with Gasteiger partial charge in [0, 0.05) is 12.6 Å². The number of carbonyl (C=O) groups is 1. The molecule has 0 unspecified atom stereocenters. The van der Waals surface area contributed by atoms with Gasteiger partial charge in [-0.15, -0.1) is 12.4 Å². The average Bonchev–Trinajstić information content (AvgIpc) is 2.91. The smallest absolute Gasteiger partial charge is 0.335 e. The second kappa shape index (κ2) is 7.80. The molecule has 1 fully saturated rings. The predicted octanol–water partition coefficient (Wildman–Crippen LogP) is 2.19. The summed E-state index contributed by atoms with van der Waals surface area (Å²) in [5.74, 6) is -1.09. The lowest BCUT2D eigenvalue weighted by Crippen LogP contribution is -2.25. The van der Waals surface area contributed by atoms with Crippen LogP contribution in [0.3, 0.4) is 0 Å². The summed E-state index contributed by atoms with van der Waals surface area (Å²) in [6.45, 7) is 3.14. The number of halogens is 1. The first-order valence-electron chi connectivity index (χ1n) is 6.45. The average molecular weight is 317 g/mol. The quantitative estimate of drug-likeness (QED) is 0.638. The van der Waals surface area contributed by atoms with Gasteiger partial charge in [-0.2, -0.15) is 0 Å². The SMILES string of the molecule is Cl.O=C(O)c1ccc(OCCN2CCCC2)c([N+](=O)[O-])c1. The molecule has 7 nitrogen and oxygen atoms in total. The number of hydrogen-bond acceptors (Lipinski definition) is 5. The van der Waals surface area contributed by atoms with Crippen molar-refractivity contribution < 1.29 is 19.6 Å². The molecule has 21 heavy (non-hydrogen) atoms. The van der Waals surface area contributed by atoms with Crippen molar-refractivity contribution >= 4 is 24.1 Å². The fraction of sp³-hybridized carbons (Fsp3) is 0.462. The van der Waals surface area contributed by atoms with Crippen LogP contribution in [0, 0.1) is 10.1 Å². The number of carboxylic acids is 1. The Bertz CT molecular complexity index is 517. The van der Waals surface area contributed by atoms with Crippen LogP contribution in [-0.4, -0.2) is 47.1 Å². The molecule has 1 saturated heterocycles. The van der Waals surface area contributed by atoms with Gasteiger partial charge < -0.3 is 9.84 Å². The first-order chi connectivity index (χ1) is 9.58. The van der Waals surface area contributed by atoms with Crippen molar-refractivity contribution in [1.29, 1.82) is 0 Å². The van der Waals surface area contributed by atoms with Gasteiger partial charge in [-0.3, -0.25) is 15.0 Å². The van der Waals surface area contributed by atoms with Gasteiger partial charge in [-0.25, -0.2) is 4.79 Å². The number of carboxylic acid groups (broad SMARTS) is 1. The molecule has 1 aromatic carbocycles. The number of benzene rings is 1. The number of rotatable bonds is 6. The zero-order chi connectivity index (χ0) is 14.5. The molecule has 0 aromatic heterocycles. The number of nitro benzene ring substituents is 1. The summed E-state index contributed by atoms with van der Waals surface area (Å²) in [4.78, 5) is 23.3. The highest BCUT2D eigenvalue weighted by Crippen LogP contribution is 2.28. The molecule has 8 heteroatoms. The van der Waals surface area contributed by atoms with Crippen LogP contribution in [0.5, 0.6) is 5.75 Å². The van der Waals surface area contributed by atoms with Gasteiger partial charge in [0.1, 0.15) is 6.61 Å². The molecule has 116 valence electrons. The van der Waals surface area contributed by atoms with E-state index in [-0.39, 0.29) is 29.4 Å². The fourth-order valence-electron chi connectivity index (χ4n) is 2.21. The molecule has 1 N–H and O–H groups in total. The van der Waals surface area contributed by atoms with E-state index in [0.29, 0.717) is 6.61 Å². The Morgan fingerprint density at radius 2 is 2.05 bits per heavy atom. The second-order valence-electron chi connectivity index (χ2n) is 4.64. The lowest BCUT2D eigenvalue weighted by atomic mass is 10.2. The maximum Gasteiger partial charge on any atom is 0.335 e. The summed E-state index contributed by atoms with van der Waals surface area (Å²) in [7, 11) is 0. The lowest BCUT2D eigenvalue weighted by Gasteiger charge is -2.14. The van der Waals surface area contributed by atoms with Crippen LogP contribution in [0.15, 0.2) is 18.2 Å². The first-order valence-corrected chi connectivity index (χ1v) is 6.45. The van der Waals surface area contributed by atoms with E-state index in [0.717, 1.165) is 25.7 Å². The molecule has 0 bridgehead atoms. The third kappa shape index (κ3) is 4.57. The Morgan fingerprint density at radius 1 is 1.38 bits per heavy atom. The Balaban J connectivity index is 0.00000220. The minimum atomic E-state index is -1.20. The Labute approximate surface area is 128 Å². The first kappa shape index (κ1) is 17.2. The summed E-state index contributed by atoms with van der Waals surface area (Å²) in [6.07, 6.45) is 2.35. The van der Waals surface area contributed by atoms with E-state index < -0.39 is 10.9 Å². The van der Waals surface area contributed by atoms with Crippen molar-refractivity contribution in [2.24, 2.45) is 0 Å². The van der Waals surface area contributed by atoms with Crippen molar-refractivity contribution in [2.75, 3.05) is 26.2 Å². The Kier molecular flexibility index (Phi) is 6.39. The van der Waals surface area contributed by atoms with Gasteiger partial charge in [0.05, 0.1) is 10.5 Å². The molecule has 1 aromatic rings. The van der Waals surface area contributed by atoms with E-state index in [4.69, 9.17) is 9.84 Å². The summed E-state index contributed by atoms with van der Waals surface area (Å²) < 4.78 is 5.42. The third-order valence-corrected chi connectivity index (χ3v) is 3.27. The predicted molar refractivity (Wildman–Crippen MR) is 78.5 cm³/mol. The van der Waals surface area contributed by atoms with E-state index in [1.807, 2.05) is 0 Å². The highest BCUT2D eigenvalue weighted by molar-refractivity contribution is 5.88. The van der Waals surface area contributed by atoms with Crippen LogP contribution in [0.4, 0.5) is 5.69 Å². The minimum absolute atomic E-state index is 0. The normalized spacial score (nSPS) is 14.5. The number of hydrogen-bond donors (Lipinski definition) is 1. The largest absolute Gasteiger partial charge is 0.485 e. The molecule has 1 aliphatic heterocycles. The number of nitrogens with zero attached hydrogens (tertiary/aromatic N) is 2. The fourth-order valence-corrected chi connectivity index (χ4v) is 2.21. The van der Waals surface area contributed by atoms with Crippen LogP contribution in [-0.2, 0) is 0 Å². The molecule has 2 rings (SSSR count). The van der Waals surface area contributed by atoms with Crippen molar-refractivity contribution in [3.05, 3.63) is 33.9 Å². The zero-order valence-electron chi connectivity index (χ0n) is 11.4. The standard InChI is InChI=1S/C13H16N2O5.ClH/c16-13(17)10-3-4-12(11(9-10)15(18)19)20-8-7-14-5-1-2-6-14;/h3-4,9H,1-2,5-8H2,(H,16,17);1H. The summed E-state index contributed by atoms with van der Waals surface area (Å²) in [5.41, 5.74) is -0.435. The van der Waals surface area contributed by atoms with Gasteiger partial charge in [0.2, 0.25) is 0 Å². The highest BCUT2D eigenvalue weighted by atomic mass is 35.5. The summed E-state index contributed by atoms with van der Waals surface area (Å²) in [6, 6.07) is 3.67. The molecular formula is C13H17ClN2O5. The minimum Gasteiger partial charge on any atom is -0.485 e. The third-order valence-electron chi connectivity index (χ3n) is 3.27. The van der Waals surface area contributed by atoms with E-state index in [2.05, 4.69) is 4.90 Å². The van der Waals surface area contributed by atoms with Gasteiger partial charge >= 0.3 is 11.7 Å². The number of nitro groups is 1. The van der Waals surface area contributed by atoms with Crippen molar-refractivity contribution in [3.8, 4) is 5.75 Å². The van der Waals surface area contributed by atoms with Crippen LogP contribution in [0.2, 0.25) is 0 Å². The van der Waals surface area contributed by atoms with Crippen LogP contribution >= 0.6 is 12.4 Å². The molecule has 0 radical (unpaired) electrons. The number of likely N-dealkylation sites (tertiary alicyclic amines) is 1. The van der Waals surface area contributed by atoms with E-state index in [1.165, 1.54) is 25.0 Å². The second-order valence-corrected chi connectivity index (χ2v) is 4.64. The van der Waals surface area contributed by atoms with Crippen LogP contribution in [0.25, 0.3) is 0 Å². The van der Waals surface area contributed by atoms with Gasteiger partial charge in [0.15, 0.2) is 5.75 Å². The molecule has 0 spiro atoms. The van der Waals surface area contributed by atoms with Crippen molar-refractivity contribution in [2.45, 2.75) is 12.8 Å². The number of aromatic carboxylic acids is 1. The molecule has 0 aliphatic carbocycles. The number of ether oxygens (including phenoxy) is 1. The van der Waals surface area contributed by atoms with E-state index in [1.54, 1.807) is 0 Å². The Hall–Kier alpha value is -1.86. The molecule has 1 heterocycles. The molecule has 0 amide bonds. The lowest BCUT2D eigenvalue weighted by molar-refractivity contribution is -0.385. The maximum atomic E-state index is 10.9. The molecule has 1 aliphatic rings. The monoisotopic (exact) mass is 316 g/mol. The maximum absolute atomic E-state index is 10.9. The van der Waals surface area contributed by atoms with Crippen molar-refractivity contribution in [3.63, 3.8) is 0 Å². The van der Waals surface area contributed by atoms with Gasteiger partial charge in [-0.1, -0.05) is 0 Å². The summed E-state index contributed by atoms with van der Waals surface area (Å²) in [5, 5.41) is 19.8. The molecule has 0 atom stereocenters. The van der Waals surface area contributed by atoms with E-state index >= 15 is 0 Å².